The molecule has 2 rings (SSSR count). The Morgan fingerprint density at radius 1 is 1.48 bits per heavy atom. The first-order chi connectivity index (χ1) is 9.94. The third-order valence-corrected chi connectivity index (χ3v) is 5.21. The molecule has 1 aromatic carbocycles. The molecule has 0 N–H and O–H groups in total. The number of esters is 1. The molecule has 0 aromatic heterocycles. The average Bonchev–Trinajstić information content (AvgIpc) is 3.17. The number of non-ortho nitro benzene ring substituents is 1. The summed E-state index contributed by atoms with van der Waals surface area (Å²) in [4.78, 5) is 21.6. The lowest BCUT2D eigenvalue weighted by atomic mass is 10.1. The number of methoxy groups -OCH3 is 1. The zero-order valence-electron chi connectivity index (χ0n) is 11.7. The van der Waals surface area contributed by atoms with E-state index in [0.29, 0.717) is 17.7 Å². The van der Waals surface area contributed by atoms with Crippen LogP contribution in [0.2, 0.25) is 0 Å². The molecule has 1 saturated carbocycles. The smallest absolute Gasteiger partial charge is 0.306 e. The number of carbonyl (C=O) groups is 1. The highest BCUT2D eigenvalue weighted by atomic mass is 32.2. The minimum atomic E-state index is -1.15. The minimum absolute atomic E-state index is 0.000181. The Hall–Kier alpha value is -1.76. The van der Waals surface area contributed by atoms with Crippen molar-refractivity contribution in [3.05, 3.63) is 39.9 Å². The van der Waals surface area contributed by atoms with E-state index in [1.54, 1.807) is 12.1 Å². The highest BCUT2D eigenvalue weighted by Crippen LogP contribution is 2.49. The molecule has 0 bridgehead atoms. The van der Waals surface area contributed by atoms with Crippen LogP contribution in [0.4, 0.5) is 5.69 Å². The fourth-order valence-corrected chi connectivity index (χ4v) is 3.99. The lowest BCUT2D eigenvalue weighted by Gasteiger charge is -2.13. The number of ether oxygens (including phenoxy) is 1. The van der Waals surface area contributed by atoms with Crippen molar-refractivity contribution in [2.45, 2.75) is 25.0 Å². The summed E-state index contributed by atoms with van der Waals surface area (Å²) >= 11 is 0. The Labute approximate surface area is 125 Å². The molecule has 0 radical (unpaired) electrons. The minimum Gasteiger partial charge on any atom is -0.469 e. The zero-order valence-corrected chi connectivity index (χ0v) is 12.6. The Kier molecular flexibility index (Phi) is 4.72. The van der Waals surface area contributed by atoms with Gasteiger partial charge >= 0.3 is 5.97 Å². The fraction of sp³-hybridized carbons (Fsp3) is 0.500. The second-order valence-corrected chi connectivity index (χ2v) is 6.87. The third kappa shape index (κ3) is 4.35. The van der Waals surface area contributed by atoms with Gasteiger partial charge in [0, 0.05) is 34.4 Å². The molecule has 1 aliphatic rings. The maximum Gasteiger partial charge on any atom is 0.306 e. The summed E-state index contributed by atoms with van der Waals surface area (Å²) < 4.78 is 16.9. The van der Waals surface area contributed by atoms with Crippen LogP contribution in [0.25, 0.3) is 0 Å². The van der Waals surface area contributed by atoms with Crippen LogP contribution in [0, 0.1) is 15.5 Å². The van der Waals surface area contributed by atoms with Crippen LogP contribution >= 0.6 is 0 Å². The second kappa shape index (κ2) is 6.34. The number of hydrogen-bond acceptors (Lipinski definition) is 5. The van der Waals surface area contributed by atoms with Gasteiger partial charge in [0.05, 0.1) is 18.5 Å². The van der Waals surface area contributed by atoms with Gasteiger partial charge in [-0.05, 0) is 23.8 Å². The van der Waals surface area contributed by atoms with Crippen molar-refractivity contribution in [2.75, 3.05) is 12.9 Å². The van der Waals surface area contributed by atoms with Crippen molar-refractivity contribution in [3.63, 3.8) is 0 Å². The van der Waals surface area contributed by atoms with Gasteiger partial charge in [0.1, 0.15) is 0 Å². The summed E-state index contributed by atoms with van der Waals surface area (Å²) in [6.07, 6.45) is 2.05. The van der Waals surface area contributed by atoms with Gasteiger partial charge in [0.15, 0.2) is 0 Å². The van der Waals surface area contributed by atoms with Gasteiger partial charge in [-0.1, -0.05) is 12.1 Å². The van der Waals surface area contributed by atoms with Gasteiger partial charge in [-0.25, -0.2) is 0 Å². The van der Waals surface area contributed by atoms with Crippen molar-refractivity contribution in [3.8, 4) is 0 Å². The normalized spacial score (nSPS) is 17.0. The third-order valence-electron chi connectivity index (χ3n) is 3.62. The summed E-state index contributed by atoms with van der Waals surface area (Å²) in [5.74, 6) is 0.426. The second-order valence-electron chi connectivity index (χ2n) is 5.41. The summed E-state index contributed by atoms with van der Waals surface area (Å²) in [6.45, 7) is 0. The van der Waals surface area contributed by atoms with Crippen LogP contribution in [-0.2, 0) is 26.1 Å². The van der Waals surface area contributed by atoms with Gasteiger partial charge < -0.3 is 4.74 Å². The quantitative estimate of drug-likeness (QED) is 0.437. The molecule has 1 fully saturated rings. The monoisotopic (exact) mass is 311 g/mol. The van der Waals surface area contributed by atoms with E-state index in [1.165, 1.54) is 19.2 Å². The van der Waals surface area contributed by atoms with Crippen molar-refractivity contribution in [1.29, 1.82) is 0 Å². The van der Waals surface area contributed by atoms with E-state index >= 15 is 0 Å². The molecule has 1 aromatic rings. The largest absolute Gasteiger partial charge is 0.469 e. The first kappa shape index (κ1) is 15.6. The molecule has 0 saturated heterocycles. The van der Waals surface area contributed by atoms with Crippen LogP contribution in [-0.4, -0.2) is 28.0 Å². The number of carbonyl (C=O) groups excluding carboxylic acids is 1. The van der Waals surface area contributed by atoms with Crippen LogP contribution < -0.4 is 0 Å². The summed E-state index contributed by atoms with van der Waals surface area (Å²) in [5.41, 5.74) is 0.482. The van der Waals surface area contributed by atoms with Crippen molar-refractivity contribution in [2.24, 2.45) is 5.41 Å². The van der Waals surface area contributed by atoms with E-state index in [1.807, 2.05) is 0 Å². The number of benzene rings is 1. The molecule has 1 aliphatic carbocycles. The summed E-state index contributed by atoms with van der Waals surface area (Å²) in [6, 6.07) is 6.17. The van der Waals surface area contributed by atoms with Gasteiger partial charge in [0.2, 0.25) is 0 Å². The summed E-state index contributed by atoms with van der Waals surface area (Å²) in [7, 11) is 0.197. The molecular formula is C14H17NO5S. The molecule has 1 atom stereocenters. The van der Waals surface area contributed by atoms with Gasteiger partial charge in [-0.15, -0.1) is 0 Å². The molecule has 114 valence electrons. The van der Waals surface area contributed by atoms with Crippen LogP contribution in [0.15, 0.2) is 24.3 Å². The lowest BCUT2D eigenvalue weighted by molar-refractivity contribution is -0.384. The highest BCUT2D eigenvalue weighted by molar-refractivity contribution is 7.84. The molecular weight excluding hydrogens is 294 g/mol. The van der Waals surface area contributed by atoms with E-state index in [4.69, 9.17) is 0 Å². The van der Waals surface area contributed by atoms with Gasteiger partial charge in [-0.2, -0.15) is 0 Å². The number of nitro groups is 1. The van der Waals surface area contributed by atoms with Crippen LogP contribution in [0.5, 0.6) is 0 Å². The Balaban J connectivity index is 1.94. The number of hydrogen-bond donors (Lipinski definition) is 0. The Morgan fingerprint density at radius 3 is 2.76 bits per heavy atom. The van der Waals surface area contributed by atoms with E-state index in [-0.39, 0.29) is 22.8 Å². The lowest BCUT2D eigenvalue weighted by Crippen LogP contribution is -2.18. The van der Waals surface area contributed by atoms with Gasteiger partial charge in [-0.3, -0.25) is 19.1 Å². The maximum absolute atomic E-state index is 12.2. The molecule has 6 nitrogen and oxygen atoms in total. The van der Waals surface area contributed by atoms with E-state index in [9.17, 15) is 19.1 Å². The number of nitro benzene ring substituents is 1. The maximum atomic E-state index is 12.2. The van der Waals surface area contributed by atoms with Crippen molar-refractivity contribution >= 4 is 22.5 Å². The first-order valence-electron chi connectivity index (χ1n) is 6.59. The molecule has 0 spiro atoms. The molecule has 1 unspecified atom stereocenters. The highest BCUT2D eigenvalue weighted by Gasteiger charge is 2.45. The van der Waals surface area contributed by atoms with E-state index in [0.717, 1.165) is 12.8 Å². The van der Waals surface area contributed by atoms with Crippen LogP contribution in [0.1, 0.15) is 24.8 Å². The topological polar surface area (TPSA) is 86.5 Å². The molecule has 0 aliphatic heterocycles. The molecule has 0 heterocycles. The summed E-state index contributed by atoms with van der Waals surface area (Å²) in [5, 5.41) is 10.7. The van der Waals surface area contributed by atoms with Crippen molar-refractivity contribution < 1.29 is 18.7 Å². The predicted octanol–water partition coefficient (Wildman–Crippen LogP) is 2.19. The fourth-order valence-electron chi connectivity index (χ4n) is 2.27. The Morgan fingerprint density at radius 2 is 2.19 bits per heavy atom. The van der Waals surface area contributed by atoms with Gasteiger partial charge in [0.25, 0.3) is 5.69 Å². The zero-order chi connectivity index (χ0) is 15.5. The van der Waals surface area contributed by atoms with E-state index < -0.39 is 15.7 Å². The average molecular weight is 311 g/mol. The number of nitrogens with zero attached hydrogens (tertiary/aromatic N) is 1. The SMILES string of the molecule is COC(=O)CC1(CS(=O)Cc2cccc([N+](=O)[O-])c2)CC1. The Bertz CT molecular complexity index is 582. The molecule has 7 heteroatoms. The van der Waals surface area contributed by atoms with Crippen molar-refractivity contribution in [1.82, 2.24) is 0 Å². The predicted molar refractivity (Wildman–Crippen MR) is 78.1 cm³/mol. The van der Waals surface area contributed by atoms with E-state index in [2.05, 4.69) is 4.74 Å². The molecule has 21 heavy (non-hydrogen) atoms. The standard InChI is InChI=1S/C14H17NO5S/c1-20-13(16)8-14(5-6-14)10-21(19)9-11-3-2-4-12(7-11)15(17)18/h2-4,7H,5-6,8-10H2,1H3. The molecule has 0 amide bonds. The number of rotatable bonds is 7. The van der Waals surface area contributed by atoms with Crippen LogP contribution in [0.3, 0.4) is 0 Å². The first-order valence-corrected chi connectivity index (χ1v) is 8.08.